The maximum Gasteiger partial charge on any atom is 0.293 e. The van der Waals surface area contributed by atoms with E-state index in [0.29, 0.717) is 11.3 Å². The minimum absolute atomic E-state index is 0.0387. The summed E-state index contributed by atoms with van der Waals surface area (Å²) >= 11 is 0. The number of nitro benzene ring substituents is 1. The number of hydrogen-bond acceptors (Lipinski definition) is 6. The van der Waals surface area contributed by atoms with Gasteiger partial charge in [0, 0.05) is 31.8 Å². The molecule has 0 atom stereocenters. The Labute approximate surface area is 132 Å². The van der Waals surface area contributed by atoms with Crippen molar-refractivity contribution in [2.24, 2.45) is 5.10 Å². The van der Waals surface area contributed by atoms with Crippen LogP contribution in [0.25, 0.3) is 0 Å². The van der Waals surface area contributed by atoms with E-state index >= 15 is 0 Å². The number of benzene rings is 1. The van der Waals surface area contributed by atoms with E-state index in [0.717, 1.165) is 10.2 Å². The minimum atomic E-state index is -0.459. The molecule has 1 aromatic heterocycles. The van der Waals surface area contributed by atoms with Crippen molar-refractivity contribution < 1.29 is 4.92 Å². The number of hydrogen-bond donors (Lipinski definition) is 1. The first-order valence-corrected chi connectivity index (χ1v) is 6.79. The van der Waals surface area contributed by atoms with Crippen molar-refractivity contribution in [2.75, 3.05) is 24.7 Å². The number of nitrogens with zero attached hydrogens (tertiary/aromatic N) is 4. The molecule has 0 saturated heterocycles. The van der Waals surface area contributed by atoms with Gasteiger partial charge in [-0.15, -0.1) is 0 Å². The average molecular weight is 315 g/mol. The summed E-state index contributed by atoms with van der Waals surface area (Å²) < 4.78 is 1.04. The second-order valence-electron chi connectivity index (χ2n) is 5.25. The van der Waals surface area contributed by atoms with E-state index in [1.54, 1.807) is 44.1 Å². The summed E-state index contributed by atoms with van der Waals surface area (Å²) in [5, 5.41) is 15.2. The highest BCUT2D eigenvalue weighted by atomic mass is 16.6. The van der Waals surface area contributed by atoms with Gasteiger partial charge in [0.1, 0.15) is 11.5 Å². The molecule has 1 heterocycles. The van der Waals surface area contributed by atoms with Crippen molar-refractivity contribution in [3.05, 3.63) is 61.9 Å². The van der Waals surface area contributed by atoms with E-state index in [-0.39, 0.29) is 17.1 Å². The third-order valence-corrected chi connectivity index (χ3v) is 3.18. The van der Waals surface area contributed by atoms with E-state index in [1.807, 2.05) is 0 Å². The first kappa shape index (κ1) is 16.2. The zero-order chi connectivity index (χ0) is 17.1. The molecule has 0 spiro atoms. The van der Waals surface area contributed by atoms with Gasteiger partial charge < -0.3 is 10.6 Å². The molecule has 2 N–H and O–H groups in total. The Morgan fingerprint density at radius 3 is 2.57 bits per heavy atom. The molecule has 2 aromatic rings. The van der Waals surface area contributed by atoms with Gasteiger partial charge in [-0.25, -0.2) is 0 Å². The first-order chi connectivity index (χ1) is 10.8. The zero-order valence-electron chi connectivity index (χ0n) is 13.1. The summed E-state index contributed by atoms with van der Waals surface area (Å²) in [5.74, 6) is 0.200. The molecule has 0 aliphatic heterocycles. The third-order valence-electron chi connectivity index (χ3n) is 3.18. The van der Waals surface area contributed by atoms with Crippen LogP contribution in [0.3, 0.4) is 0 Å². The molecule has 0 bridgehead atoms. The van der Waals surface area contributed by atoms with Crippen LogP contribution in [-0.2, 0) is 0 Å². The van der Waals surface area contributed by atoms with Gasteiger partial charge in [-0.05, 0) is 24.6 Å². The van der Waals surface area contributed by atoms with Crippen LogP contribution in [0.4, 0.5) is 17.2 Å². The second kappa shape index (κ2) is 6.30. The largest absolute Gasteiger partial charge is 0.384 e. The standard InChI is InChI=1S/C15H17N5O3/c1-10-6-14(16)19(15(21)7-10)17-9-11-4-5-12(18(2)3)13(8-11)20(22)23/h4-9H,16H2,1-3H3/b17-9-. The maximum absolute atomic E-state index is 11.9. The fraction of sp³-hybridized carbons (Fsp3) is 0.200. The van der Waals surface area contributed by atoms with Crippen LogP contribution in [0.15, 0.2) is 40.2 Å². The molecular weight excluding hydrogens is 298 g/mol. The molecule has 23 heavy (non-hydrogen) atoms. The highest BCUT2D eigenvalue weighted by Crippen LogP contribution is 2.27. The summed E-state index contributed by atoms with van der Waals surface area (Å²) in [6.07, 6.45) is 1.36. The lowest BCUT2D eigenvalue weighted by Gasteiger charge is -2.12. The van der Waals surface area contributed by atoms with Crippen LogP contribution < -0.4 is 16.2 Å². The SMILES string of the molecule is Cc1cc(N)n(/N=C\c2ccc(N(C)C)c([N+](=O)[O-])c2)c(=O)c1. The van der Waals surface area contributed by atoms with Crippen molar-refractivity contribution in [1.29, 1.82) is 0 Å². The number of aryl methyl sites for hydroxylation is 1. The van der Waals surface area contributed by atoms with Crippen molar-refractivity contribution in [2.45, 2.75) is 6.92 Å². The fourth-order valence-corrected chi connectivity index (χ4v) is 2.11. The second-order valence-corrected chi connectivity index (χ2v) is 5.25. The molecule has 0 saturated carbocycles. The van der Waals surface area contributed by atoms with Crippen molar-refractivity contribution in [3.63, 3.8) is 0 Å². The van der Waals surface area contributed by atoms with E-state index in [1.165, 1.54) is 18.3 Å². The van der Waals surface area contributed by atoms with Gasteiger partial charge in [0.15, 0.2) is 0 Å². The lowest BCUT2D eigenvalue weighted by Crippen LogP contribution is -2.19. The van der Waals surface area contributed by atoms with Gasteiger partial charge in [-0.2, -0.15) is 9.78 Å². The van der Waals surface area contributed by atoms with Gasteiger partial charge in [0.2, 0.25) is 0 Å². The van der Waals surface area contributed by atoms with Crippen molar-refractivity contribution >= 4 is 23.4 Å². The summed E-state index contributed by atoms with van der Waals surface area (Å²) in [6, 6.07) is 7.73. The minimum Gasteiger partial charge on any atom is -0.384 e. The first-order valence-electron chi connectivity index (χ1n) is 6.79. The number of pyridine rings is 1. The lowest BCUT2D eigenvalue weighted by molar-refractivity contribution is -0.384. The summed E-state index contributed by atoms with van der Waals surface area (Å²) in [4.78, 5) is 24.2. The normalized spacial score (nSPS) is 10.9. The Bertz CT molecular complexity index is 839. The van der Waals surface area contributed by atoms with Crippen LogP contribution in [0, 0.1) is 17.0 Å². The summed E-state index contributed by atoms with van der Waals surface area (Å²) in [7, 11) is 3.45. The van der Waals surface area contributed by atoms with E-state index < -0.39 is 4.92 Å². The van der Waals surface area contributed by atoms with Gasteiger partial charge in [-0.1, -0.05) is 6.07 Å². The zero-order valence-corrected chi connectivity index (χ0v) is 13.1. The van der Waals surface area contributed by atoms with Gasteiger partial charge >= 0.3 is 0 Å². The molecule has 0 fully saturated rings. The topological polar surface area (TPSA) is 107 Å². The average Bonchev–Trinajstić information content (AvgIpc) is 2.45. The Kier molecular flexibility index (Phi) is 4.44. The molecule has 0 aliphatic rings. The van der Waals surface area contributed by atoms with Gasteiger partial charge in [0.25, 0.3) is 11.2 Å². The molecular formula is C15H17N5O3. The van der Waals surface area contributed by atoms with Crippen LogP contribution in [0.2, 0.25) is 0 Å². The molecule has 0 unspecified atom stereocenters. The predicted octanol–water partition coefficient (Wildman–Crippen LogP) is 1.60. The number of nitrogens with two attached hydrogens (primary N) is 1. The molecule has 0 amide bonds. The van der Waals surface area contributed by atoms with Crippen LogP contribution in [-0.4, -0.2) is 29.9 Å². The van der Waals surface area contributed by atoms with Crippen molar-refractivity contribution in [3.8, 4) is 0 Å². The van der Waals surface area contributed by atoms with Crippen LogP contribution in [0.1, 0.15) is 11.1 Å². The lowest BCUT2D eigenvalue weighted by atomic mass is 10.2. The summed E-state index contributed by atoms with van der Waals surface area (Å²) in [5.41, 5.74) is 7.08. The number of aromatic nitrogens is 1. The number of nitrogen functional groups attached to an aromatic ring is 1. The third kappa shape index (κ3) is 3.54. The number of rotatable bonds is 4. The fourth-order valence-electron chi connectivity index (χ4n) is 2.11. The van der Waals surface area contributed by atoms with E-state index in [4.69, 9.17) is 5.73 Å². The molecule has 8 nitrogen and oxygen atoms in total. The van der Waals surface area contributed by atoms with Gasteiger partial charge in [-0.3, -0.25) is 14.9 Å². The van der Waals surface area contributed by atoms with E-state index in [9.17, 15) is 14.9 Å². The monoisotopic (exact) mass is 315 g/mol. The maximum atomic E-state index is 11.9. The highest BCUT2D eigenvalue weighted by molar-refractivity contribution is 5.83. The molecule has 0 radical (unpaired) electrons. The molecule has 1 aromatic carbocycles. The smallest absolute Gasteiger partial charge is 0.293 e. The quantitative estimate of drug-likeness (QED) is 0.524. The van der Waals surface area contributed by atoms with Crippen LogP contribution >= 0.6 is 0 Å². The molecule has 0 aliphatic carbocycles. The van der Waals surface area contributed by atoms with E-state index in [2.05, 4.69) is 5.10 Å². The van der Waals surface area contributed by atoms with Crippen LogP contribution in [0.5, 0.6) is 0 Å². The van der Waals surface area contributed by atoms with Gasteiger partial charge in [0.05, 0.1) is 11.1 Å². The summed E-state index contributed by atoms with van der Waals surface area (Å²) in [6.45, 7) is 1.76. The molecule has 120 valence electrons. The predicted molar refractivity (Wildman–Crippen MR) is 90.3 cm³/mol. The Hall–Kier alpha value is -3.16. The number of nitro groups is 1. The number of anilines is 2. The molecule has 2 rings (SSSR count). The Morgan fingerprint density at radius 2 is 2.00 bits per heavy atom. The molecule has 8 heteroatoms. The Morgan fingerprint density at radius 1 is 1.30 bits per heavy atom. The highest BCUT2D eigenvalue weighted by Gasteiger charge is 2.15. The van der Waals surface area contributed by atoms with Crippen molar-refractivity contribution in [1.82, 2.24) is 4.68 Å². The Balaban J connectivity index is 2.43.